The molecule has 2 aliphatic rings. The van der Waals surface area contributed by atoms with Gasteiger partial charge < -0.3 is 5.32 Å². The molecular weight excluding hydrogens is 260 g/mol. The summed E-state index contributed by atoms with van der Waals surface area (Å²) in [6, 6.07) is 5.81. The standard InChI is InChI=1S/C14H18N2O2S/c1-11-10-19(17,18)14-8-12(2-3-13(11)14)9-16-6-4-15-5-7-16/h2-3,8,10,15H,4-7,9H2,1H3. The Hall–Kier alpha value is -1.17. The minimum absolute atomic E-state index is 0.470. The van der Waals surface area contributed by atoms with Crippen LogP contribution in [0.1, 0.15) is 18.1 Å². The molecule has 1 N–H and O–H groups in total. The van der Waals surface area contributed by atoms with Crippen LogP contribution >= 0.6 is 0 Å². The van der Waals surface area contributed by atoms with E-state index < -0.39 is 9.84 Å². The van der Waals surface area contributed by atoms with Gasteiger partial charge in [-0.05, 0) is 29.7 Å². The summed E-state index contributed by atoms with van der Waals surface area (Å²) in [6.07, 6.45) is 0. The Labute approximate surface area is 114 Å². The Morgan fingerprint density at radius 2 is 2.00 bits per heavy atom. The lowest BCUT2D eigenvalue weighted by Crippen LogP contribution is -2.42. The Balaban J connectivity index is 1.87. The van der Waals surface area contributed by atoms with Gasteiger partial charge in [0.25, 0.3) is 0 Å². The smallest absolute Gasteiger partial charge is 0.200 e. The first-order valence-corrected chi connectivity index (χ1v) is 8.11. The fraction of sp³-hybridized carbons (Fsp3) is 0.429. The topological polar surface area (TPSA) is 49.4 Å². The quantitative estimate of drug-likeness (QED) is 0.884. The van der Waals surface area contributed by atoms with Crippen molar-refractivity contribution in [3.63, 3.8) is 0 Å². The van der Waals surface area contributed by atoms with Crippen LogP contribution in [0.2, 0.25) is 0 Å². The van der Waals surface area contributed by atoms with Crippen LogP contribution in [-0.4, -0.2) is 39.5 Å². The van der Waals surface area contributed by atoms with Gasteiger partial charge in [-0.1, -0.05) is 12.1 Å². The predicted octanol–water partition coefficient (Wildman–Crippen LogP) is 1.24. The lowest BCUT2D eigenvalue weighted by Gasteiger charge is -2.27. The third-order valence-corrected chi connectivity index (χ3v) is 5.34. The van der Waals surface area contributed by atoms with Crippen LogP contribution in [0, 0.1) is 0 Å². The van der Waals surface area contributed by atoms with E-state index in [1.54, 1.807) is 0 Å². The van der Waals surface area contributed by atoms with E-state index in [2.05, 4.69) is 10.2 Å². The van der Waals surface area contributed by atoms with E-state index in [0.29, 0.717) is 4.90 Å². The number of hydrogen-bond acceptors (Lipinski definition) is 4. The molecule has 1 saturated heterocycles. The summed E-state index contributed by atoms with van der Waals surface area (Å²) in [5.74, 6) is 0. The third kappa shape index (κ3) is 2.45. The molecule has 5 heteroatoms. The second-order valence-electron chi connectivity index (χ2n) is 5.20. The molecule has 2 aliphatic heterocycles. The lowest BCUT2D eigenvalue weighted by atomic mass is 10.1. The van der Waals surface area contributed by atoms with Crippen molar-refractivity contribution in [2.75, 3.05) is 26.2 Å². The van der Waals surface area contributed by atoms with Gasteiger partial charge in [0.05, 0.1) is 4.90 Å². The summed E-state index contributed by atoms with van der Waals surface area (Å²) in [7, 11) is -3.21. The molecule has 102 valence electrons. The number of nitrogens with one attached hydrogen (secondary N) is 1. The molecule has 1 fully saturated rings. The Morgan fingerprint density at radius 3 is 2.74 bits per heavy atom. The highest BCUT2D eigenvalue weighted by Crippen LogP contribution is 2.33. The molecule has 0 radical (unpaired) electrons. The van der Waals surface area contributed by atoms with Crippen LogP contribution in [0.4, 0.5) is 0 Å². The zero-order valence-corrected chi connectivity index (χ0v) is 11.8. The molecule has 0 aromatic heterocycles. The lowest BCUT2D eigenvalue weighted by molar-refractivity contribution is 0.233. The van der Waals surface area contributed by atoms with E-state index in [1.165, 1.54) is 5.41 Å². The zero-order chi connectivity index (χ0) is 13.5. The molecule has 1 aromatic carbocycles. The molecule has 0 bridgehead atoms. The summed E-state index contributed by atoms with van der Waals surface area (Å²) in [6.45, 7) is 6.71. The molecule has 19 heavy (non-hydrogen) atoms. The number of sulfone groups is 1. The number of hydrogen-bond donors (Lipinski definition) is 1. The van der Waals surface area contributed by atoms with Gasteiger partial charge in [-0.2, -0.15) is 0 Å². The van der Waals surface area contributed by atoms with Crippen molar-refractivity contribution in [1.82, 2.24) is 10.2 Å². The van der Waals surface area contributed by atoms with E-state index in [-0.39, 0.29) is 0 Å². The maximum absolute atomic E-state index is 12.0. The van der Waals surface area contributed by atoms with E-state index in [4.69, 9.17) is 0 Å². The van der Waals surface area contributed by atoms with Gasteiger partial charge in [0.1, 0.15) is 0 Å². The van der Waals surface area contributed by atoms with Gasteiger partial charge in [-0.15, -0.1) is 0 Å². The van der Waals surface area contributed by atoms with E-state index in [9.17, 15) is 8.42 Å². The highest BCUT2D eigenvalue weighted by molar-refractivity contribution is 7.95. The maximum atomic E-state index is 12.0. The highest BCUT2D eigenvalue weighted by Gasteiger charge is 2.25. The number of fused-ring (bicyclic) bond motifs is 1. The van der Waals surface area contributed by atoms with Crippen molar-refractivity contribution in [2.24, 2.45) is 0 Å². The van der Waals surface area contributed by atoms with Crippen molar-refractivity contribution in [3.05, 3.63) is 34.7 Å². The maximum Gasteiger partial charge on any atom is 0.200 e. The molecule has 0 amide bonds. The highest BCUT2D eigenvalue weighted by atomic mass is 32.2. The van der Waals surface area contributed by atoms with Gasteiger partial charge in [0, 0.05) is 38.1 Å². The van der Waals surface area contributed by atoms with Crippen molar-refractivity contribution < 1.29 is 8.42 Å². The van der Waals surface area contributed by atoms with Crippen molar-refractivity contribution in [2.45, 2.75) is 18.4 Å². The van der Waals surface area contributed by atoms with Crippen LogP contribution < -0.4 is 5.32 Å². The first-order valence-electron chi connectivity index (χ1n) is 6.56. The number of nitrogens with zero attached hydrogens (tertiary/aromatic N) is 1. The largest absolute Gasteiger partial charge is 0.314 e. The molecule has 0 unspecified atom stereocenters. The van der Waals surface area contributed by atoms with Crippen LogP contribution in [0.5, 0.6) is 0 Å². The second kappa shape index (κ2) is 4.74. The molecule has 0 saturated carbocycles. The van der Waals surface area contributed by atoms with Crippen molar-refractivity contribution >= 4 is 15.4 Å². The molecule has 2 heterocycles. The molecule has 1 aromatic rings. The third-order valence-electron chi connectivity index (χ3n) is 3.73. The SMILES string of the molecule is CC1=CS(=O)(=O)c2cc(CN3CCNCC3)ccc21. The van der Waals surface area contributed by atoms with Crippen molar-refractivity contribution in [1.29, 1.82) is 0 Å². The molecule has 0 atom stereocenters. The van der Waals surface area contributed by atoms with Crippen LogP contribution in [0.15, 0.2) is 28.5 Å². The minimum Gasteiger partial charge on any atom is -0.314 e. The molecule has 4 nitrogen and oxygen atoms in total. The zero-order valence-electron chi connectivity index (χ0n) is 11.0. The fourth-order valence-electron chi connectivity index (χ4n) is 2.71. The van der Waals surface area contributed by atoms with Gasteiger partial charge in [-0.25, -0.2) is 8.42 Å². The predicted molar refractivity (Wildman–Crippen MR) is 75.4 cm³/mol. The minimum atomic E-state index is -3.21. The van der Waals surface area contributed by atoms with E-state index in [1.807, 2.05) is 25.1 Å². The Morgan fingerprint density at radius 1 is 1.26 bits per heavy atom. The molecular formula is C14H18N2O2S. The van der Waals surface area contributed by atoms with Gasteiger partial charge in [-0.3, -0.25) is 4.90 Å². The molecule has 0 aliphatic carbocycles. The van der Waals surface area contributed by atoms with E-state index >= 15 is 0 Å². The fourth-order valence-corrected chi connectivity index (χ4v) is 4.28. The van der Waals surface area contributed by atoms with Crippen LogP contribution in [0.25, 0.3) is 5.57 Å². The summed E-state index contributed by atoms with van der Waals surface area (Å²) >= 11 is 0. The monoisotopic (exact) mass is 278 g/mol. The molecule has 0 spiro atoms. The Bertz CT molecular complexity index is 629. The van der Waals surface area contributed by atoms with Crippen LogP contribution in [-0.2, 0) is 16.4 Å². The van der Waals surface area contributed by atoms with Crippen LogP contribution in [0.3, 0.4) is 0 Å². The first-order chi connectivity index (χ1) is 9.06. The summed E-state index contributed by atoms with van der Waals surface area (Å²) in [5, 5.41) is 4.68. The van der Waals surface area contributed by atoms with Gasteiger partial charge in [0.15, 0.2) is 0 Å². The number of allylic oxidation sites excluding steroid dienone is 1. The summed E-state index contributed by atoms with van der Waals surface area (Å²) < 4.78 is 24.0. The second-order valence-corrected chi connectivity index (χ2v) is 6.97. The van der Waals surface area contributed by atoms with Gasteiger partial charge >= 0.3 is 0 Å². The number of benzene rings is 1. The van der Waals surface area contributed by atoms with Crippen molar-refractivity contribution in [3.8, 4) is 0 Å². The average Bonchev–Trinajstić information content (AvgIpc) is 2.61. The Kier molecular flexibility index (Phi) is 3.20. The normalized spacial score (nSPS) is 22.1. The summed E-state index contributed by atoms with van der Waals surface area (Å²) in [4.78, 5) is 2.82. The summed E-state index contributed by atoms with van der Waals surface area (Å²) in [5.41, 5.74) is 2.76. The van der Waals surface area contributed by atoms with Gasteiger partial charge in [0.2, 0.25) is 9.84 Å². The molecule has 3 rings (SSSR count). The van der Waals surface area contributed by atoms with E-state index in [0.717, 1.165) is 49.4 Å². The first kappa shape index (κ1) is 12.8. The number of rotatable bonds is 2. The number of piperazine rings is 1. The average molecular weight is 278 g/mol.